The second kappa shape index (κ2) is 7.30. The maximum atomic E-state index is 12.0. The lowest BCUT2D eigenvalue weighted by Crippen LogP contribution is -2.11. The summed E-state index contributed by atoms with van der Waals surface area (Å²) in [4.78, 5) is 23.6. The van der Waals surface area contributed by atoms with Crippen molar-refractivity contribution < 1.29 is 19.1 Å². The molecule has 0 bridgehead atoms. The van der Waals surface area contributed by atoms with Gasteiger partial charge in [0.1, 0.15) is 6.61 Å². The van der Waals surface area contributed by atoms with Gasteiger partial charge in [-0.05, 0) is 47.6 Å². The Kier molecular flexibility index (Phi) is 4.94. The largest absolute Gasteiger partial charge is 0.465 e. The van der Waals surface area contributed by atoms with Crippen molar-refractivity contribution in [1.29, 1.82) is 0 Å². The average molecular weight is 324 g/mol. The first-order valence-electron chi connectivity index (χ1n) is 8.05. The highest BCUT2D eigenvalue weighted by Crippen LogP contribution is 2.30. The highest BCUT2D eigenvalue weighted by atomic mass is 16.5. The molecule has 1 aliphatic rings. The van der Waals surface area contributed by atoms with Crippen molar-refractivity contribution in [1.82, 2.24) is 0 Å². The maximum absolute atomic E-state index is 12.0. The Hall–Kier alpha value is -2.62. The molecule has 0 amide bonds. The first kappa shape index (κ1) is 16.2. The smallest absolute Gasteiger partial charge is 0.337 e. The highest BCUT2D eigenvalue weighted by molar-refractivity contribution is 5.89. The van der Waals surface area contributed by atoms with Crippen molar-refractivity contribution in [2.75, 3.05) is 7.11 Å². The first-order valence-corrected chi connectivity index (χ1v) is 8.05. The van der Waals surface area contributed by atoms with Crippen molar-refractivity contribution in [2.45, 2.75) is 25.9 Å². The Labute approximate surface area is 141 Å². The van der Waals surface area contributed by atoms with Crippen LogP contribution in [-0.4, -0.2) is 19.0 Å². The Morgan fingerprint density at radius 1 is 1.04 bits per heavy atom. The summed E-state index contributed by atoms with van der Waals surface area (Å²) in [6.45, 7) is 0.311. The molecule has 3 rings (SSSR count). The topological polar surface area (TPSA) is 52.6 Å². The normalized spacial score (nSPS) is 15.6. The fraction of sp³-hybridized carbons (Fsp3) is 0.300. The van der Waals surface area contributed by atoms with Crippen LogP contribution in [0, 0.1) is 5.92 Å². The van der Waals surface area contributed by atoms with E-state index >= 15 is 0 Å². The van der Waals surface area contributed by atoms with Gasteiger partial charge in [0.05, 0.1) is 12.7 Å². The summed E-state index contributed by atoms with van der Waals surface area (Å²) in [5, 5.41) is 0. The molecule has 2 aromatic carbocycles. The Morgan fingerprint density at radius 2 is 1.79 bits per heavy atom. The summed E-state index contributed by atoms with van der Waals surface area (Å²) in [6, 6.07) is 15.3. The molecule has 0 N–H and O–H groups in total. The lowest BCUT2D eigenvalue weighted by atomic mass is 10.0. The SMILES string of the molecule is COC(=O)c1ccc2c(c1)C[C@H](CC(=O)OCc1ccccc1)C2. The third-order valence-electron chi connectivity index (χ3n) is 4.34. The minimum atomic E-state index is -0.330. The third-order valence-corrected chi connectivity index (χ3v) is 4.34. The Morgan fingerprint density at radius 3 is 2.54 bits per heavy atom. The zero-order valence-electron chi connectivity index (χ0n) is 13.7. The molecular formula is C20H20O4. The van der Waals surface area contributed by atoms with Gasteiger partial charge in [-0.15, -0.1) is 0 Å². The Bertz CT molecular complexity index is 737. The van der Waals surface area contributed by atoms with Gasteiger partial charge in [-0.3, -0.25) is 4.79 Å². The van der Waals surface area contributed by atoms with Crippen molar-refractivity contribution >= 4 is 11.9 Å². The number of esters is 2. The quantitative estimate of drug-likeness (QED) is 0.792. The number of benzene rings is 2. The van der Waals surface area contributed by atoms with E-state index in [1.165, 1.54) is 12.7 Å². The standard InChI is InChI=1S/C20H20O4/c1-23-20(22)17-8-7-16-9-15(10-18(16)12-17)11-19(21)24-13-14-5-3-2-4-6-14/h2-8,12,15H,9-11,13H2,1H3/t15-/m1/s1. The fourth-order valence-corrected chi connectivity index (χ4v) is 3.13. The van der Waals surface area contributed by atoms with Crippen LogP contribution in [0.1, 0.15) is 33.5 Å². The molecule has 24 heavy (non-hydrogen) atoms. The van der Waals surface area contributed by atoms with Crippen LogP contribution < -0.4 is 0 Å². The highest BCUT2D eigenvalue weighted by Gasteiger charge is 2.25. The molecule has 4 heteroatoms. The number of hydrogen-bond acceptors (Lipinski definition) is 4. The molecule has 1 atom stereocenters. The minimum absolute atomic E-state index is 0.176. The van der Waals surface area contributed by atoms with E-state index in [2.05, 4.69) is 0 Å². The van der Waals surface area contributed by atoms with Crippen LogP contribution in [0.25, 0.3) is 0 Å². The van der Waals surface area contributed by atoms with Crippen molar-refractivity contribution in [2.24, 2.45) is 5.92 Å². The number of carbonyl (C=O) groups is 2. The van der Waals surface area contributed by atoms with Crippen LogP contribution in [0.2, 0.25) is 0 Å². The minimum Gasteiger partial charge on any atom is -0.465 e. The zero-order valence-corrected chi connectivity index (χ0v) is 13.7. The van der Waals surface area contributed by atoms with Crippen LogP contribution in [0.15, 0.2) is 48.5 Å². The van der Waals surface area contributed by atoms with Crippen LogP contribution in [0.4, 0.5) is 0 Å². The van der Waals surface area contributed by atoms with E-state index in [1.807, 2.05) is 42.5 Å². The van der Waals surface area contributed by atoms with Gasteiger partial charge in [-0.1, -0.05) is 36.4 Å². The van der Waals surface area contributed by atoms with Gasteiger partial charge in [0.15, 0.2) is 0 Å². The lowest BCUT2D eigenvalue weighted by molar-refractivity contribution is -0.146. The summed E-state index contributed by atoms with van der Waals surface area (Å²) in [5.74, 6) is -0.274. The molecule has 0 spiro atoms. The van der Waals surface area contributed by atoms with Gasteiger partial charge >= 0.3 is 11.9 Å². The Balaban J connectivity index is 1.54. The van der Waals surface area contributed by atoms with E-state index in [4.69, 9.17) is 9.47 Å². The number of carbonyl (C=O) groups excluding carboxylic acids is 2. The van der Waals surface area contributed by atoms with Gasteiger partial charge in [-0.25, -0.2) is 4.79 Å². The molecule has 1 aliphatic carbocycles. The zero-order chi connectivity index (χ0) is 16.9. The van der Waals surface area contributed by atoms with Crippen LogP contribution in [0.5, 0.6) is 0 Å². The van der Waals surface area contributed by atoms with Gasteiger partial charge < -0.3 is 9.47 Å². The molecule has 0 aromatic heterocycles. The molecule has 0 unspecified atom stereocenters. The molecule has 0 saturated carbocycles. The predicted octanol–water partition coefficient (Wildman–Crippen LogP) is 3.32. The summed E-state index contributed by atoms with van der Waals surface area (Å²) >= 11 is 0. The summed E-state index contributed by atoms with van der Waals surface area (Å²) in [7, 11) is 1.38. The van der Waals surface area contributed by atoms with Crippen LogP contribution >= 0.6 is 0 Å². The van der Waals surface area contributed by atoms with Crippen LogP contribution in [-0.2, 0) is 33.7 Å². The van der Waals surface area contributed by atoms with Gasteiger partial charge in [0.2, 0.25) is 0 Å². The van der Waals surface area contributed by atoms with Crippen LogP contribution in [0.3, 0.4) is 0 Å². The molecule has 0 fully saturated rings. The first-order chi connectivity index (χ1) is 11.7. The summed E-state index contributed by atoms with van der Waals surface area (Å²) < 4.78 is 10.1. The molecule has 124 valence electrons. The summed E-state index contributed by atoms with van der Waals surface area (Å²) in [5.41, 5.74) is 3.87. The van der Waals surface area contributed by atoms with Gasteiger partial charge in [0, 0.05) is 6.42 Å². The third kappa shape index (κ3) is 3.82. The van der Waals surface area contributed by atoms with E-state index in [0.717, 1.165) is 24.0 Å². The maximum Gasteiger partial charge on any atom is 0.337 e. The van der Waals surface area contributed by atoms with E-state index < -0.39 is 0 Å². The number of rotatable bonds is 5. The summed E-state index contributed by atoms with van der Waals surface area (Å²) in [6.07, 6.45) is 2.03. The second-order valence-electron chi connectivity index (χ2n) is 6.10. The molecule has 0 heterocycles. The number of methoxy groups -OCH3 is 1. The lowest BCUT2D eigenvalue weighted by Gasteiger charge is -2.09. The second-order valence-corrected chi connectivity index (χ2v) is 6.10. The molecule has 0 aliphatic heterocycles. The van der Waals surface area contributed by atoms with Gasteiger partial charge in [0.25, 0.3) is 0 Å². The molecular weight excluding hydrogens is 304 g/mol. The number of ether oxygens (including phenoxy) is 2. The number of hydrogen-bond donors (Lipinski definition) is 0. The van der Waals surface area contributed by atoms with E-state index in [0.29, 0.717) is 18.6 Å². The molecule has 4 nitrogen and oxygen atoms in total. The fourth-order valence-electron chi connectivity index (χ4n) is 3.13. The number of fused-ring (bicyclic) bond motifs is 1. The van der Waals surface area contributed by atoms with Crippen molar-refractivity contribution in [3.8, 4) is 0 Å². The van der Waals surface area contributed by atoms with E-state index in [-0.39, 0.29) is 17.9 Å². The van der Waals surface area contributed by atoms with Crippen molar-refractivity contribution in [3.05, 3.63) is 70.8 Å². The van der Waals surface area contributed by atoms with Gasteiger partial charge in [-0.2, -0.15) is 0 Å². The van der Waals surface area contributed by atoms with E-state index in [1.54, 1.807) is 6.07 Å². The average Bonchev–Trinajstić information content (AvgIpc) is 3.01. The van der Waals surface area contributed by atoms with E-state index in [9.17, 15) is 9.59 Å². The monoisotopic (exact) mass is 324 g/mol. The van der Waals surface area contributed by atoms with Crippen molar-refractivity contribution in [3.63, 3.8) is 0 Å². The molecule has 2 aromatic rings. The molecule has 0 radical (unpaired) electrons. The predicted molar refractivity (Wildman–Crippen MR) is 89.5 cm³/mol. The molecule has 0 saturated heterocycles.